The average Bonchev–Trinajstić information content (AvgIpc) is 3.17. The van der Waals surface area contributed by atoms with Gasteiger partial charge in [0.1, 0.15) is 5.82 Å². The van der Waals surface area contributed by atoms with Crippen LogP contribution in [0.2, 0.25) is 0 Å². The third-order valence-corrected chi connectivity index (χ3v) is 5.65. The minimum Gasteiger partial charge on any atom is -0.372 e. The van der Waals surface area contributed by atoms with Crippen LogP contribution >= 0.6 is 0 Å². The van der Waals surface area contributed by atoms with Crippen LogP contribution in [0.4, 0.5) is 17.5 Å². The predicted molar refractivity (Wildman–Crippen MR) is 109 cm³/mol. The molecule has 28 heavy (non-hydrogen) atoms. The van der Waals surface area contributed by atoms with Crippen molar-refractivity contribution in [3.05, 3.63) is 36.2 Å². The number of benzene rings is 1. The highest BCUT2D eigenvalue weighted by Gasteiger charge is 2.37. The lowest BCUT2D eigenvalue weighted by molar-refractivity contribution is -0.0800. The lowest BCUT2D eigenvalue weighted by Crippen LogP contribution is -2.55. The Balaban J connectivity index is 1.33. The number of hydrogen-bond acceptors (Lipinski definition) is 7. The molecule has 0 saturated carbocycles. The molecule has 2 aliphatic rings. The summed E-state index contributed by atoms with van der Waals surface area (Å²) >= 11 is 0. The number of anilines is 3. The van der Waals surface area contributed by atoms with Crippen molar-refractivity contribution in [2.45, 2.75) is 25.4 Å². The number of rotatable bonds is 3. The SMILES string of the molecule is Cc1cc(Nc2ccc3[nH]ncc3c2)nc(N2CCC3(CC2)CNCCO3)n1. The van der Waals surface area contributed by atoms with E-state index in [9.17, 15) is 0 Å². The molecule has 0 amide bonds. The van der Waals surface area contributed by atoms with Gasteiger partial charge in [-0.05, 0) is 38.0 Å². The van der Waals surface area contributed by atoms with Crippen LogP contribution in [0.5, 0.6) is 0 Å². The zero-order chi connectivity index (χ0) is 19.0. The largest absolute Gasteiger partial charge is 0.372 e. The van der Waals surface area contributed by atoms with Crippen LogP contribution in [0.3, 0.4) is 0 Å². The fourth-order valence-electron chi connectivity index (χ4n) is 4.07. The molecule has 146 valence electrons. The highest BCUT2D eigenvalue weighted by molar-refractivity contribution is 5.82. The van der Waals surface area contributed by atoms with Crippen molar-refractivity contribution in [3.63, 3.8) is 0 Å². The topological polar surface area (TPSA) is 91.0 Å². The van der Waals surface area contributed by atoms with E-state index in [-0.39, 0.29) is 5.60 Å². The normalized spacial score (nSPS) is 19.2. The number of piperidine rings is 1. The van der Waals surface area contributed by atoms with Crippen LogP contribution in [-0.4, -0.2) is 58.6 Å². The Hall–Kier alpha value is -2.71. The first-order valence-electron chi connectivity index (χ1n) is 9.85. The molecule has 3 N–H and O–H groups in total. The van der Waals surface area contributed by atoms with Gasteiger partial charge in [-0.15, -0.1) is 0 Å². The van der Waals surface area contributed by atoms with Crippen LogP contribution in [0.25, 0.3) is 10.9 Å². The molecule has 3 aromatic rings. The van der Waals surface area contributed by atoms with E-state index in [0.29, 0.717) is 0 Å². The minimum atomic E-state index is -0.0142. The number of aromatic amines is 1. The number of hydrogen-bond donors (Lipinski definition) is 3. The van der Waals surface area contributed by atoms with E-state index in [1.807, 2.05) is 31.3 Å². The van der Waals surface area contributed by atoms with Crippen molar-refractivity contribution < 1.29 is 4.74 Å². The Morgan fingerprint density at radius 2 is 2.07 bits per heavy atom. The first kappa shape index (κ1) is 17.4. The number of H-pyrrole nitrogens is 1. The lowest BCUT2D eigenvalue weighted by atomic mass is 9.90. The highest BCUT2D eigenvalue weighted by Crippen LogP contribution is 2.30. The molecule has 0 atom stereocenters. The molecule has 1 spiro atoms. The maximum absolute atomic E-state index is 6.10. The Morgan fingerprint density at radius 1 is 1.18 bits per heavy atom. The summed E-state index contributed by atoms with van der Waals surface area (Å²) < 4.78 is 6.10. The Morgan fingerprint density at radius 3 is 2.89 bits per heavy atom. The number of nitrogens with one attached hydrogen (secondary N) is 3. The molecule has 0 radical (unpaired) electrons. The number of aromatic nitrogens is 4. The van der Waals surface area contributed by atoms with Crippen LogP contribution in [0, 0.1) is 6.92 Å². The second kappa shape index (κ2) is 7.03. The quantitative estimate of drug-likeness (QED) is 0.643. The smallest absolute Gasteiger partial charge is 0.227 e. The van der Waals surface area contributed by atoms with E-state index in [4.69, 9.17) is 9.72 Å². The number of ether oxygens (including phenoxy) is 1. The Kier molecular flexibility index (Phi) is 4.37. The van der Waals surface area contributed by atoms with Crippen LogP contribution in [0.1, 0.15) is 18.5 Å². The van der Waals surface area contributed by atoms with Crippen LogP contribution < -0.4 is 15.5 Å². The molecular weight excluding hydrogens is 354 g/mol. The molecule has 0 unspecified atom stereocenters. The van der Waals surface area contributed by atoms with E-state index in [1.165, 1.54) is 0 Å². The van der Waals surface area contributed by atoms with Gasteiger partial charge in [0, 0.05) is 49.0 Å². The van der Waals surface area contributed by atoms with Gasteiger partial charge in [0.05, 0.1) is 23.9 Å². The first-order valence-corrected chi connectivity index (χ1v) is 9.85. The summed E-state index contributed by atoms with van der Waals surface area (Å²) in [5.41, 5.74) is 2.94. The molecule has 5 rings (SSSR count). The first-order chi connectivity index (χ1) is 13.7. The number of fused-ring (bicyclic) bond motifs is 1. The monoisotopic (exact) mass is 379 g/mol. The van der Waals surface area contributed by atoms with E-state index in [0.717, 1.165) is 79.7 Å². The summed E-state index contributed by atoms with van der Waals surface area (Å²) in [5, 5.41) is 15.0. The fourth-order valence-corrected chi connectivity index (χ4v) is 4.07. The molecular formula is C20H25N7O. The van der Waals surface area contributed by atoms with Gasteiger partial charge in [-0.1, -0.05) is 0 Å². The second-order valence-corrected chi connectivity index (χ2v) is 7.69. The van der Waals surface area contributed by atoms with E-state index in [2.05, 4.69) is 36.8 Å². The summed E-state index contributed by atoms with van der Waals surface area (Å²) in [5.74, 6) is 1.59. The van der Waals surface area contributed by atoms with E-state index >= 15 is 0 Å². The standard InChI is InChI=1S/C20H25N7O/c1-14-10-18(24-16-2-3-17-15(11-16)12-22-26-17)25-19(23-14)27-7-4-20(5-8-27)13-21-6-9-28-20/h2-3,10-12,21H,4-9,13H2,1H3,(H,22,26)(H,23,24,25). The number of aryl methyl sites for hydroxylation is 1. The Labute approximate surface area is 163 Å². The molecule has 2 aliphatic heterocycles. The van der Waals surface area contributed by atoms with Gasteiger partial charge in [-0.2, -0.15) is 10.1 Å². The summed E-state index contributed by atoms with van der Waals surface area (Å²) in [4.78, 5) is 11.7. The average molecular weight is 379 g/mol. The summed E-state index contributed by atoms with van der Waals surface area (Å²) in [7, 11) is 0. The minimum absolute atomic E-state index is 0.0142. The van der Waals surface area contributed by atoms with E-state index in [1.54, 1.807) is 0 Å². The van der Waals surface area contributed by atoms with Gasteiger partial charge in [0.15, 0.2) is 0 Å². The van der Waals surface area contributed by atoms with Gasteiger partial charge in [-0.25, -0.2) is 4.98 Å². The number of nitrogens with zero attached hydrogens (tertiary/aromatic N) is 4. The number of morpholine rings is 1. The van der Waals surface area contributed by atoms with E-state index < -0.39 is 0 Å². The van der Waals surface area contributed by atoms with Gasteiger partial charge in [-0.3, -0.25) is 5.10 Å². The van der Waals surface area contributed by atoms with Crippen molar-refractivity contribution in [1.29, 1.82) is 0 Å². The van der Waals surface area contributed by atoms with Crippen LogP contribution in [0.15, 0.2) is 30.5 Å². The van der Waals surface area contributed by atoms with Gasteiger partial charge >= 0.3 is 0 Å². The second-order valence-electron chi connectivity index (χ2n) is 7.69. The molecule has 8 nitrogen and oxygen atoms in total. The third-order valence-electron chi connectivity index (χ3n) is 5.65. The maximum atomic E-state index is 6.10. The van der Waals surface area contributed by atoms with Crippen molar-refractivity contribution >= 4 is 28.4 Å². The molecule has 0 bridgehead atoms. The molecule has 8 heteroatoms. The molecule has 1 aromatic carbocycles. The van der Waals surface area contributed by atoms with Crippen LogP contribution in [-0.2, 0) is 4.74 Å². The molecule has 2 saturated heterocycles. The molecule has 0 aliphatic carbocycles. The zero-order valence-electron chi connectivity index (χ0n) is 16.0. The van der Waals surface area contributed by atoms with Gasteiger partial charge in [0.25, 0.3) is 0 Å². The van der Waals surface area contributed by atoms with Crippen molar-refractivity contribution in [1.82, 2.24) is 25.5 Å². The summed E-state index contributed by atoms with van der Waals surface area (Å²) in [6.45, 7) is 6.52. The maximum Gasteiger partial charge on any atom is 0.227 e. The third kappa shape index (κ3) is 3.41. The van der Waals surface area contributed by atoms with Gasteiger partial charge < -0.3 is 20.3 Å². The summed E-state index contributed by atoms with van der Waals surface area (Å²) in [6, 6.07) is 8.08. The summed E-state index contributed by atoms with van der Waals surface area (Å²) in [6.07, 6.45) is 3.82. The fraction of sp³-hybridized carbons (Fsp3) is 0.450. The van der Waals surface area contributed by atoms with Crippen molar-refractivity contribution in [2.75, 3.05) is 43.0 Å². The molecule has 2 aromatic heterocycles. The lowest BCUT2D eigenvalue weighted by Gasteiger charge is -2.44. The zero-order valence-corrected chi connectivity index (χ0v) is 16.0. The highest BCUT2D eigenvalue weighted by atomic mass is 16.5. The van der Waals surface area contributed by atoms with Crippen molar-refractivity contribution in [2.24, 2.45) is 0 Å². The molecule has 4 heterocycles. The van der Waals surface area contributed by atoms with Gasteiger partial charge in [0.2, 0.25) is 5.95 Å². The predicted octanol–water partition coefficient (Wildman–Crippen LogP) is 2.36. The Bertz CT molecular complexity index is 970. The molecule has 2 fully saturated rings. The van der Waals surface area contributed by atoms with Crippen molar-refractivity contribution in [3.8, 4) is 0 Å².